The third kappa shape index (κ3) is 3.06. The number of nitrogens with zero attached hydrogens (tertiary/aromatic N) is 2. The lowest BCUT2D eigenvalue weighted by Crippen LogP contribution is -2.26. The Balaban J connectivity index is 2.96. The van der Waals surface area contributed by atoms with Crippen molar-refractivity contribution < 1.29 is 10.0 Å². The molecule has 1 aromatic carbocycles. The van der Waals surface area contributed by atoms with Gasteiger partial charge in [-0.1, -0.05) is 12.2 Å². The fourth-order valence-electron chi connectivity index (χ4n) is 1.39. The van der Waals surface area contributed by atoms with Gasteiger partial charge in [-0.15, -0.1) is 0 Å². The molecule has 0 heterocycles. The lowest BCUT2D eigenvalue weighted by atomic mass is 10.1. The number of carbonyl (C=O) groups is 1. The zero-order chi connectivity index (χ0) is 13.5. The van der Waals surface area contributed by atoms with Gasteiger partial charge in [-0.05, 0) is 44.2 Å². The fourth-order valence-corrected chi connectivity index (χ4v) is 1.39. The molecule has 0 saturated heterocycles. The van der Waals surface area contributed by atoms with E-state index in [0.29, 0.717) is 21.9 Å². The van der Waals surface area contributed by atoms with Crippen LogP contribution in [0.3, 0.4) is 0 Å². The Kier molecular flexibility index (Phi) is 4.85. The van der Waals surface area contributed by atoms with Crippen molar-refractivity contribution in [3.05, 3.63) is 59.3 Å². The van der Waals surface area contributed by atoms with Crippen molar-refractivity contribution in [3.8, 4) is 6.07 Å². The first-order valence-corrected chi connectivity index (χ1v) is 5.46. The van der Waals surface area contributed by atoms with Crippen molar-refractivity contribution in [2.24, 2.45) is 0 Å². The molecule has 0 fully saturated rings. The van der Waals surface area contributed by atoms with Gasteiger partial charge in [0, 0.05) is 5.56 Å². The van der Waals surface area contributed by atoms with E-state index in [-0.39, 0.29) is 0 Å². The van der Waals surface area contributed by atoms with E-state index in [4.69, 9.17) is 5.26 Å². The van der Waals surface area contributed by atoms with E-state index in [2.05, 4.69) is 0 Å². The smallest absolute Gasteiger partial charge is 0.281 e. The van der Waals surface area contributed by atoms with Crippen molar-refractivity contribution in [1.29, 1.82) is 5.26 Å². The molecule has 18 heavy (non-hydrogen) atoms. The third-order valence-electron chi connectivity index (χ3n) is 2.33. The summed E-state index contributed by atoms with van der Waals surface area (Å²) in [6.45, 7) is 3.52. The van der Waals surface area contributed by atoms with Gasteiger partial charge in [0.05, 0.1) is 17.3 Å². The maximum atomic E-state index is 11.9. The normalized spacial score (nSPS) is 11.3. The molecular formula is C14H14N2O2. The van der Waals surface area contributed by atoms with E-state index in [9.17, 15) is 10.0 Å². The van der Waals surface area contributed by atoms with Gasteiger partial charge in [0.15, 0.2) is 0 Å². The predicted octanol–water partition coefficient (Wildman–Crippen LogP) is 2.87. The molecule has 0 saturated carbocycles. The summed E-state index contributed by atoms with van der Waals surface area (Å²) >= 11 is 0. The molecule has 0 atom stereocenters. The first kappa shape index (κ1) is 13.7. The lowest BCUT2D eigenvalue weighted by molar-refractivity contribution is -0.0277. The molecule has 0 unspecified atom stereocenters. The maximum absolute atomic E-state index is 11.9. The van der Waals surface area contributed by atoms with Gasteiger partial charge < -0.3 is 0 Å². The fraction of sp³-hybridized carbons (Fsp3) is 0.143. The van der Waals surface area contributed by atoms with E-state index in [1.165, 1.54) is 24.3 Å². The number of hydroxylamine groups is 2. The Morgan fingerprint density at radius 3 is 2.39 bits per heavy atom. The number of rotatable bonds is 3. The molecule has 0 bridgehead atoms. The number of nitriles is 1. The summed E-state index contributed by atoms with van der Waals surface area (Å²) < 4.78 is 0. The van der Waals surface area contributed by atoms with Gasteiger partial charge in [-0.3, -0.25) is 10.0 Å². The lowest BCUT2D eigenvalue weighted by Gasteiger charge is -2.15. The highest BCUT2D eigenvalue weighted by molar-refractivity contribution is 5.94. The van der Waals surface area contributed by atoms with Crippen molar-refractivity contribution in [1.82, 2.24) is 5.06 Å². The van der Waals surface area contributed by atoms with E-state index in [1.54, 1.807) is 32.1 Å². The largest absolute Gasteiger partial charge is 0.281 e. The maximum Gasteiger partial charge on any atom is 0.281 e. The average Bonchev–Trinajstić information content (AvgIpc) is 2.43. The topological polar surface area (TPSA) is 64.3 Å². The van der Waals surface area contributed by atoms with Crippen LogP contribution in [-0.4, -0.2) is 16.2 Å². The Morgan fingerprint density at radius 2 is 1.94 bits per heavy atom. The Labute approximate surface area is 106 Å². The molecule has 1 amide bonds. The number of allylic oxidation sites excluding steroid dienone is 3. The number of hydrogen-bond acceptors (Lipinski definition) is 3. The molecule has 1 N–H and O–H groups in total. The minimum atomic E-state index is -0.536. The summed E-state index contributed by atoms with van der Waals surface area (Å²) in [5.41, 5.74) is 1.18. The monoisotopic (exact) mass is 242 g/mol. The molecule has 1 rings (SSSR count). The minimum Gasteiger partial charge on any atom is -0.281 e. The van der Waals surface area contributed by atoms with Gasteiger partial charge in [-0.2, -0.15) is 10.3 Å². The molecule has 0 aromatic heterocycles. The molecule has 92 valence electrons. The van der Waals surface area contributed by atoms with Gasteiger partial charge in [0.25, 0.3) is 5.91 Å². The van der Waals surface area contributed by atoms with Crippen LogP contribution in [0, 0.1) is 11.3 Å². The molecule has 0 aliphatic carbocycles. The van der Waals surface area contributed by atoms with E-state index in [0.717, 1.165) is 0 Å². The molecule has 4 nitrogen and oxygen atoms in total. The van der Waals surface area contributed by atoms with Crippen LogP contribution >= 0.6 is 0 Å². The Bertz CT molecular complexity index is 522. The summed E-state index contributed by atoms with van der Waals surface area (Å²) in [7, 11) is 0. The molecule has 4 heteroatoms. The van der Waals surface area contributed by atoms with Gasteiger partial charge >= 0.3 is 0 Å². The SMILES string of the molecule is C/C=C\C(=C/C)N(O)C(=O)c1ccc(C#N)cc1. The van der Waals surface area contributed by atoms with Crippen molar-refractivity contribution in [2.45, 2.75) is 13.8 Å². The van der Waals surface area contributed by atoms with Gasteiger partial charge in [0.1, 0.15) is 0 Å². The van der Waals surface area contributed by atoms with E-state index >= 15 is 0 Å². The van der Waals surface area contributed by atoms with Crippen LogP contribution < -0.4 is 0 Å². The number of benzene rings is 1. The molecule has 0 radical (unpaired) electrons. The van der Waals surface area contributed by atoms with E-state index < -0.39 is 5.91 Å². The quantitative estimate of drug-likeness (QED) is 0.503. The summed E-state index contributed by atoms with van der Waals surface area (Å²) in [4.78, 5) is 11.9. The highest BCUT2D eigenvalue weighted by Crippen LogP contribution is 2.11. The minimum absolute atomic E-state index is 0.320. The number of carbonyl (C=O) groups excluding carboxylic acids is 1. The zero-order valence-corrected chi connectivity index (χ0v) is 10.3. The predicted molar refractivity (Wildman–Crippen MR) is 67.7 cm³/mol. The number of hydrogen-bond donors (Lipinski definition) is 1. The van der Waals surface area contributed by atoms with Crippen LogP contribution in [0.1, 0.15) is 29.8 Å². The third-order valence-corrected chi connectivity index (χ3v) is 2.33. The second-order valence-electron chi connectivity index (χ2n) is 3.52. The molecule has 0 aliphatic heterocycles. The molecule has 0 spiro atoms. The van der Waals surface area contributed by atoms with Crippen molar-refractivity contribution >= 4 is 5.91 Å². The molecular weight excluding hydrogens is 228 g/mol. The molecule has 0 aliphatic rings. The molecule has 1 aromatic rings. The van der Waals surface area contributed by atoms with Crippen LogP contribution in [0.5, 0.6) is 0 Å². The summed E-state index contributed by atoms with van der Waals surface area (Å²) in [6, 6.07) is 8.05. The summed E-state index contributed by atoms with van der Waals surface area (Å²) in [6.07, 6.45) is 4.98. The average molecular weight is 242 g/mol. The second kappa shape index (κ2) is 6.38. The van der Waals surface area contributed by atoms with Crippen molar-refractivity contribution in [2.75, 3.05) is 0 Å². The highest BCUT2D eigenvalue weighted by atomic mass is 16.5. The van der Waals surface area contributed by atoms with Crippen LogP contribution in [0.4, 0.5) is 0 Å². The summed E-state index contributed by atoms with van der Waals surface area (Å²) in [5, 5.41) is 19.0. The first-order valence-electron chi connectivity index (χ1n) is 5.46. The Hall–Kier alpha value is -2.38. The number of amides is 1. The van der Waals surface area contributed by atoms with Crippen molar-refractivity contribution in [3.63, 3.8) is 0 Å². The van der Waals surface area contributed by atoms with E-state index in [1.807, 2.05) is 6.07 Å². The van der Waals surface area contributed by atoms with Gasteiger partial charge in [0.2, 0.25) is 0 Å². The summed E-state index contributed by atoms with van der Waals surface area (Å²) in [5.74, 6) is -0.536. The highest BCUT2D eigenvalue weighted by Gasteiger charge is 2.15. The standard InChI is InChI=1S/C14H14N2O2/c1-3-5-13(4-2)16(18)14(17)12-8-6-11(10-15)7-9-12/h3-9,18H,1-2H3/b5-3-,13-4+. The van der Waals surface area contributed by atoms with Crippen LogP contribution in [0.15, 0.2) is 48.2 Å². The Morgan fingerprint density at radius 1 is 1.33 bits per heavy atom. The second-order valence-corrected chi connectivity index (χ2v) is 3.52. The van der Waals surface area contributed by atoms with Gasteiger partial charge in [-0.25, -0.2) is 0 Å². The first-order chi connectivity index (χ1) is 8.63. The van der Waals surface area contributed by atoms with Crippen LogP contribution in [-0.2, 0) is 0 Å². The van der Waals surface area contributed by atoms with Crippen LogP contribution in [0.2, 0.25) is 0 Å². The zero-order valence-electron chi connectivity index (χ0n) is 10.3. The van der Waals surface area contributed by atoms with Crippen LogP contribution in [0.25, 0.3) is 0 Å².